The van der Waals surface area contributed by atoms with E-state index in [1.54, 1.807) is 4.90 Å². The minimum absolute atomic E-state index is 0.0973. The van der Waals surface area contributed by atoms with Crippen LogP contribution in [0.2, 0.25) is 0 Å². The molecular formula is C14H25N3O3. The molecule has 6 nitrogen and oxygen atoms in total. The topological polar surface area (TPSA) is 64.1 Å². The van der Waals surface area contributed by atoms with Crippen LogP contribution < -0.4 is 0 Å². The van der Waals surface area contributed by atoms with E-state index in [9.17, 15) is 14.7 Å². The molecule has 114 valence electrons. The van der Waals surface area contributed by atoms with Crippen molar-refractivity contribution < 1.29 is 14.7 Å². The van der Waals surface area contributed by atoms with Crippen molar-refractivity contribution in [1.82, 2.24) is 14.7 Å². The summed E-state index contributed by atoms with van der Waals surface area (Å²) in [5, 5.41) is 9.37. The molecule has 0 spiro atoms. The van der Waals surface area contributed by atoms with Crippen molar-refractivity contribution in [1.29, 1.82) is 0 Å². The van der Waals surface area contributed by atoms with Crippen LogP contribution in [0.1, 0.15) is 32.6 Å². The molecule has 6 heteroatoms. The zero-order valence-corrected chi connectivity index (χ0v) is 12.4. The number of amides is 2. The van der Waals surface area contributed by atoms with Crippen LogP contribution in [-0.4, -0.2) is 77.1 Å². The number of hydrogen-bond acceptors (Lipinski definition) is 3. The highest BCUT2D eigenvalue weighted by atomic mass is 16.4. The van der Waals surface area contributed by atoms with Gasteiger partial charge in [-0.05, 0) is 26.8 Å². The molecule has 0 aromatic carbocycles. The maximum absolute atomic E-state index is 12.7. The Morgan fingerprint density at radius 1 is 1.05 bits per heavy atom. The molecule has 2 atom stereocenters. The maximum Gasteiger partial charge on any atom is 0.326 e. The predicted molar refractivity (Wildman–Crippen MR) is 75.7 cm³/mol. The fourth-order valence-corrected chi connectivity index (χ4v) is 3.18. The first-order chi connectivity index (χ1) is 9.50. The number of carbonyl (C=O) groups is 2. The third-order valence-corrected chi connectivity index (χ3v) is 4.36. The Kier molecular flexibility index (Phi) is 4.86. The molecule has 20 heavy (non-hydrogen) atoms. The monoisotopic (exact) mass is 283 g/mol. The average molecular weight is 283 g/mol. The van der Waals surface area contributed by atoms with Crippen LogP contribution in [0.5, 0.6) is 0 Å². The molecule has 0 radical (unpaired) electrons. The van der Waals surface area contributed by atoms with Crippen molar-refractivity contribution in [3.63, 3.8) is 0 Å². The Morgan fingerprint density at radius 2 is 1.80 bits per heavy atom. The molecule has 0 aromatic rings. The largest absolute Gasteiger partial charge is 0.480 e. The normalized spacial score (nSPS) is 29.1. The van der Waals surface area contributed by atoms with E-state index in [0.717, 1.165) is 32.4 Å². The summed E-state index contributed by atoms with van der Waals surface area (Å²) < 4.78 is 0. The second-order valence-electron chi connectivity index (χ2n) is 5.98. The van der Waals surface area contributed by atoms with Gasteiger partial charge in [0.05, 0.1) is 0 Å². The Morgan fingerprint density at radius 3 is 2.45 bits per heavy atom. The van der Waals surface area contributed by atoms with Gasteiger partial charge in [0.2, 0.25) is 0 Å². The van der Waals surface area contributed by atoms with Gasteiger partial charge in [-0.1, -0.05) is 12.8 Å². The summed E-state index contributed by atoms with van der Waals surface area (Å²) >= 11 is 0. The standard InChI is InChI=1S/C14H25N3O3/c1-11-10-15(2)8-9-16(11)14(20)17-7-5-3-4-6-12(17)13(18)19/h11-12H,3-10H2,1-2H3,(H,18,19). The highest BCUT2D eigenvalue weighted by molar-refractivity contribution is 5.83. The summed E-state index contributed by atoms with van der Waals surface area (Å²) in [6.07, 6.45) is 3.37. The summed E-state index contributed by atoms with van der Waals surface area (Å²) in [6, 6.07) is -0.615. The summed E-state index contributed by atoms with van der Waals surface area (Å²) in [4.78, 5) is 29.7. The number of likely N-dealkylation sites (tertiary alicyclic amines) is 1. The second kappa shape index (κ2) is 6.43. The van der Waals surface area contributed by atoms with Crippen molar-refractivity contribution in [2.75, 3.05) is 33.2 Å². The van der Waals surface area contributed by atoms with Crippen molar-refractivity contribution in [3.8, 4) is 0 Å². The highest BCUT2D eigenvalue weighted by Crippen LogP contribution is 2.20. The van der Waals surface area contributed by atoms with Crippen molar-refractivity contribution in [2.45, 2.75) is 44.7 Å². The molecule has 1 N–H and O–H groups in total. The van der Waals surface area contributed by atoms with Crippen molar-refractivity contribution >= 4 is 12.0 Å². The molecule has 2 saturated heterocycles. The molecular weight excluding hydrogens is 258 g/mol. The Labute approximate surface area is 120 Å². The molecule has 2 rings (SSSR count). The zero-order chi connectivity index (χ0) is 14.7. The van der Waals surface area contributed by atoms with Crippen LogP contribution in [0.3, 0.4) is 0 Å². The van der Waals surface area contributed by atoms with Gasteiger partial charge in [0.15, 0.2) is 0 Å². The molecule has 0 aliphatic carbocycles. The number of hydrogen-bond donors (Lipinski definition) is 1. The number of urea groups is 1. The SMILES string of the molecule is CC1CN(C)CCN1C(=O)N1CCCCCC1C(=O)O. The molecule has 0 aromatic heterocycles. The van der Waals surface area contributed by atoms with Crippen LogP contribution in [0.4, 0.5) is 4.79 Å². The summed E-state index contributed by atoms with van der Waals surface area (Å²) in [5.74, 6) is -0.873. The molecule has 2 aliphatic rings. The fraction of sp³-hybridized carbons (Fsp3) is 0.857. The van der Waals surface area contributed by atoms with Crippen LogP contribution in [0, 0.1) is 0 Å². The van der Waals surface area contributed by atoms with Crippen LogP contribution in [0.15, 0.2) is 0 Å². The third-order valence-electron chi connectivity index (χ3n) is 4.36. The number of nitrogens with zero attached hydrogens (tertiary/aromatic N) is 3. The van der Waals surface area contributed by atoms with E-state index < -0.39 is 12.0 Å². The number of aliphatic carboxylic acids is 1. The van der Waals surface area contributed by atoms with Gasteiger partial charge in [0.25, 0.3) is 0 Å². The number of piperazine rings is 1. The quantitative estimate of drug-likeness (QED) is 0.782. The van der Waals surface area contributed by atoms with Gasteiger partial charge in [0.1, 0.15) is 6.04 Å². The van der Waals surface area contributed by atoms with Crippen LogP contribution in [0.25, 0.3) is 0 Å². The fourth-order valence-electron chi connectivity index (χ4n) is 3.18. The predicted octanol–water partition coefficient (Wildman–Crippen LogP) is 1.07. The molecule has 2 fully saturated rings. The van der Waals surface area contributed by atoms with Crippen molar-refractivity contribution in [2.24, 2.45) is 0 Å². The number of carboxylic acid groups (broad SMARTS) is 1. The van der Waals surface area contributed by atoms with E-state index in [0.29, 0.717) is 19.5 Å². The van der Waals surface area contributed by atoms with E-state index in [1.165, 1.54) is 0 Å². The van der Waals surface area contributed by atoms with E-state index in [-0.39, 0.29) is 12.1 Å². The Balaban J connectivity index is 2.10. The number of carbonyl (C=O) groups excluding carboxylic acids is 1. The first-order valence-corrected chi connectivity index (χ1v) is 7.49. The number of carboxylic acids is 1. The van der Waals surface area contributed by atoms with E-state index in [4.69, 9.17) is 0 Å². The summed E-state index contributed by atoms with van der Waals surface area (Å²) in [6.45, 7) is 4.97. The lowest BCUT2D eigenvalue weighted by Gasteiger charge is -2.41. The maximum atomic E-state index is 12.7. The molecule has 2 aliphatic heterocycles. The van der Waals surface area contributed by atoms with Crippen LogP contribution in [-0.2, 0) is 4.79 Å². The lowest BCUT2D eigenvalue weighted by Crippen LogP contribution is -2.58. The Bertz CT molecular complexity index is 375. The molecule has 2 heterocycles. The van der Waals surface area contributed by atoms with E-state index >= 15 is 0 Å². The number of likely N-dealkylation sites (N-methyl/N-ethyl adjacent to an activating group) is 1. The Hall–Kier alpha value is -1.30. The van der Waals surface area contributed by atoms with Gasteiger partial charge in [-0.2, -0.15) is 0 Å². The van der Waals surface area contributed by atoms with Gasteiger partial charge >= 0.3 is 12.0 Å². The third kappa shape index (κ3) is 3.23. The van der Waals surface area contributed by atoms with E-state index in [1.807, 2.05) is 18.9 Å². The average Bonchev–Trinajstić information content (AvgIpc) is 2.63. The molecule has 2 unspecified atom stereocenters. The number of rotatable bonds is 1. The first-order valence-electron chi connectivity index (χ1n) is 7.49. The highest BCUT2D eigenvalue weighted by Gasteiger charge is 2.36. The minimum atomic E-state index is -0.873. The van der Waals surface area contributed by atoms with Gasteiger partial charge < -0.3 is 19.8 Å². The smallest absolute Gasteiger partial charge is 0.326 e. The summed E-state index contributed by atoms with van der Waals surface area (Å²) in [5.41, 5.74) is 0. The van der Waals surface area contributed by atoms with Gasteiger partial charge in [-0.15, -0.1) is 0 Å². The summed E-state index contributed by atoms with van der Waals surface area (Å²) in [7, 11) is 2.05. The van der Waals surface area contributed by atoms with Gasteiger partial charge in [-0.3, -0.25) is 0 Å². The molecule has 0 bridgehead atoms. The minimum Gasteiger partial charge on any atom is -0.480 e. The van der Waals surface area contributed by atoms with Crippen LogP contribution >= 0.6 is 0 Å². The second-order valence-corrected chi connectivity index (χ2v) is 5.98. The molecule has 0 saturated carbocycles. The first kappa shape index (κ1) is 15.1. The van der Waals surface area contributed by atoms with E-state index in [2.05, 4.69) is 4.90 Å². The van der Waals surface area contributed by atoms with Crippen molar-refractivity contribution in [3.05, 3.63) is 0 Å². The lowest BCUT2D eigenvalue weighted by molar-refractivity contribution is -0.142. The van der Waals surface area contributed by atoms with Gasteiger partial charge in [-0.25, -0.2) is 9.59 Å². The molecule has 2 amide bonds. The zero-order valence-electron chi connectivity index (χ0n) is 12.4. The lowest BCUT2D eigenvalue weighted by atomic mass is 10.1. The van der Waals surface area contributed by atoms with Gasteiger partial charge in [0, 0.05) is 32.2 Å².